The second kappa shape index (κ2) is 5.61. The third kappa shape index (κ3) is 3.56. The Kier molecular flexibility index (Phi) is 4.53. The lowest BCUT2D eigenvalue weighted by molar-refractivity contribution is -0.142. The van der Waals surface area contributed by atoms with Crippen molar-refractivity contribution in [2.45, 2.75) is 31.1 Å². The number of carbonyl (C=O) groups is 2. The number of rotatable bonds is 6. The van der Waals surface area contributed by atoms with E-state index in [1.54, 1.807) is 0 Å². The summed E-state index contributed by atoms with van der Waals surface area (Å²) in [7, 11) is -3.66. The summed E-state index contributed by atoms with van der Waals surface area (Å²) < 4.78 is 21.4. The van der Waals surface area contributed by atoms with Gasteiger partial charge in [0.15, 0.2) is 9.84 Å². The zero-order valence-corrected chi connectivity index (χ0v) is 12.2. The maximum atomic E-state index is 12.0. The molecule has 1 unspecified atom stereocenters. The van der Waals surface area contributed by atoms with Crippen LogP contribution in [0.3, 0.4) is 0 Å². The van der Waals surface area contributed by atoms with Crippen LogP contribution >= 0.6 is 0 Å². The van der Waals surface area contributed by atoms with E-state index in [0.717, 1.165) is 6.26 Å². The van der Waals surface area contributed by atoms with E-state index >= 15 is 0 Å². The van der Waals surface area contributed by atoms with Crippen molar-refractivity contribution >= 4 is 21.7 Å². The van der Waals surface area contributed by atoms with Crippen LogP contribution in [0.4, 0.5) is 0 Å². The summed E-state index contributed by atoms with van der Waals surface area (Å²) in [4.78, 5) is 29.6. The third-order valence-corrected chi connectivity index (χ3v) is 5.10. The molecule has 1 amide bonds. The number of aliphatic carboxylic acids is 1. The number of aromatic nitrogens is 2. The number of carboxylic acids is 1. The molecule has 8 nitrogen and oxygen atoms in total. The van der Waals surface area contributed by atoms with Gasteiger partial charge in [0.25, 0.3) is 0 Å². The Morgan fingerprint density at radius 3 is 2.50 bits per heavy atom. The maximum absolute atomic E-state index is 12.0. The number of nitrogens with one attached hydrogen (secondary N) is 2. The van der Waals surface area contributed by atoms with E-state index in [2.05, 4.69) is 15.3 Å². The number of aromatic amines is 1. The number of nitrogens with zero attached hydrogens (tertiary/aromatic N) is 1. The van der Waals surface area contributed by atoms with Crippen LogP contribution in [-0.4, -0.2) is 52.4 Å². The standard InChI is InChI=1S/C11H17N3O5S/c1-11(2,20(3,18)19)10(17)14-8(9(15)16)4-7-5-12-6-13-7/h5-6,8H,4H2,1-3H3,(H,12,13)(H,14,17)(H,15,16). The Balaban J connectivity index is 2.87. The molecular weight excluding hydrogens is 286 g/mol. The van der Waals surface area contributed by atoms with E-state index in [0.29, 0.717) is 5.69 Å². The van der Waals surface area contributed by atoms with E-state index in [9.17, 15) is 18.0 Å². The summed E-state index contributed by atoms with van der Waals surface area (Å²) in [5.74, 6) is -2.11. The van der Waals surface area contributed by atoms with Gasteiger partial charge in [-0.2, -0.15) is 0 Å². The molecule has 0 radical (unpaired) electrons. The molecule has 0 saturated carbocycles. The fraction of sp³-hybridized carbons (Fsp3) is 0.545. The molecule has 0 aromatic carbocycles. The molecule has 0 saturated heterocycles. The van der Waals surface area contributed by atoms with Gasteiger partial charge in [-0.15, -0.1) is 0 Å². The van der Waals surface area contributed by atoms with Crippen molar-refractivity contribution in [1.82, 2.24) is 15.3 Å². The zero-order valence-electron chi connectivity index (χ0n) is 11.4. The van der Waals surface area contributed by atoms with Crippen molar-refractivity contribution in [3.8, 4) is 0 Å². The number of hydrogen-bond acceptors (Lipinski definition) is 5. The lowest BCUT2D eigenvalue weighted by atomic mass is 10.1. The summed E-state index contributed by atoms with van der Waals surface area (Å²) in [6.45, 7) is 2.46. The molecule has 0 spiro atoms. The van der Waals surface area contributed by atoms with Crippen LogP contribution < -0.4 is 5.32 Å². The highest BCUT2D eigenvalue weighted by Crippen LogP contribution is 2.15. The predicted octanol–water partition coefficient (Wildman–Crippen LogP) is -0.655. The second-order valence-corrected chi connectivity index (χ2v) is 7.49. The molecule has 1 heterocycles. The summed E-state index contributed by atoms with van der Waals surface area (Å²) in [5.41, 5.74) is 0.523. The van der Waals surface area contributed by atoms with Gasteiger partial charge in [0, 0.05) is 24.6 Å². The first-order valence-electron chi connectivity index (χ1n) is 5.76. The maximum Gasteiger partial charge on any atom is 0.326 e. The van der Waals surface area contributed by atoms with Crippen molar-refractivity contribution in [2.24, 2.45) is 0 Å². The zero-order chi connectivity index (χ0) is 15.6. The quantitative estimate of drug-likeness (QED) is 0.640. The molecule has 3 N–H and O–H groups in total. The summed E-state index contributed by atoms with van der Waals surface area (Å²) in [5, 5.41) is 11.3. The average Bonchev–Trinajstić information content (AvgIpc) is 2.78. The average molecular weight is 303 g/mol. The topological polar surface area (TPSA) is 129 Å². The van der Waals surface area contributed by atoms with Crippen molar-refractivity contribution < 1.29 is 23.1 Å². The molecule has 0 aliphatic carbocycles. The molecule has 20 heavy (non-hydrogen) atoms. The van der Waals surface area contributed by atoms with E-state index in [4.69, 9.17) is 5.11 Å². The number of amides is 1. The van der Waals surface area contributed by atoms with Gasteiger partial charge in [-0.1, -0.05) is 0 Å². The SMILES string of the molecule is CC(C)(C(=O)NC(Cc1cnc[nH]1)C(=O)O)S(C)(=O)=O. The van der Waals surface area contributed by atoms with Crippen LogP contribution in [0.15, 0.2) is 12.5 Å². The van der Waals surface area contributed by atoms with E-state index in [1.807, 2.05) is 0 Å². The lowest BCUT2D eigenvalue weighted by Gasteiger charge is -2.24. The summed E-state index contributed by atoms with van der Waals surface area (Å²) in [6.07, 6.45) is 3.73. The number of carboxylic acid groups (broad SMARTS) is 1. The minimum Gasteiger partial charge on any atom is -0.480 e. The van der Waals surface area contributed by atoms with Crippen LogP contribution in [0.5, 0.6) is 0 Å². The fourth-order valence-corrected chi connectivity index (χ4v) is 1.71. The molecule has 1 aromatic heterocycles. The smallest absolute Gasteiger partial charge is 0.326 e. The Hall–Kier alpha value is -1.90. The van der Waals surface area contributed by atoms with Crippen LogP contribution in [-0.2, 0) is 25.8 Å². The van der Waals surface area contributed by atoms with Gasteiger partial charge in [-0.3, -0.25) is 4.79 Å². The number of H-pyrrole nitrogens is 1. The summed E-state index contributed by atoms with van der Waals surface area (Å²) in [6, 6.07) is -1.23. The van der Waals surface area contributed by atoms with Gasteiger partial charge in [0.2, 0.25) is 5.91 Å². The Morgan fingerprint density at radius 1 is 1.50 bits per heavy atom. The molecule has 112 valence electrons. The molecule has 1 rings (SSSR count). The van der Waals surface area contributed by atoms with Crippen molar-refractivity contribution in [1.29, 1.82) is 0 Å². The van der Waals surface area contributed by atoms with Crippen molar-refractivity contribution in [3.63, 3.8) is 0 Å². The van der Waals surface area contributed by atoms with Crippen molar-refractivity contribution in [3.05, 3.63) is 18.2 Å². The highest BCUT2D eigenvalue weighted by molar-refractivity contribution is 7.92. The van der Waals surface area contributed by atoms with E-state index < -0.39 is 32.5 Å². The highest BCUT2D eigenvalue weighted by atomic mass is 32.2. The normalized spacial score (nSPS) is 13.8. The van der Waals surface area contributed by atoms with Gasteiger partial charge in [0.05, 0.1) is 6.33 Å². The van der Waals surface area contributed by atoms with Crippen LogP contribution in [0, 0.1) is 0 Å². The molecule has 0 bridgehead atoms. The largest absolute Gasteiger partial charge is 0.480 e. The van der Waals surface area contributed by atoms with Crippen LogP contribution in [0.2, 0.25) is 0 Å². The minimum atomic E-state index is -3.66. The van der Waals surface area contributed by atoms with Gasteiger partial charge < -0.3 is 15.4 Å². The van der Waals surface area contributed by atoms with Crippen molar-refractivity contribution in [2.75, 3.05) is 6.26 Å². The third-order valence-electron chi connectivity index (χ3n) is 3.06. The molecule has 9 heteroatoms. The van der Waals surface area contributed by atoms with Crippen LogP contribution in [0.25, 0.3) is 0 Å². The molecule has 0 aliphatic rings. The first kappa shape index (κ1) is 16.2. The minimum absolute atomic E-state index is 0.0130. The Morgan fingerprint density at radius 2 is 2.10 bits per heavy atom. The van der Waals surface area contributed by atoms with E-state index in [-0.39, 0.29) is 6.42 Å². The highest BCUT2D eigenvalue weighted by Gasteiger charge is 2.40. The predicted molar refractivity (Wildman–Crippen MR) is 70.8 cm³/mol. The second-order valence-electron chi connectivity index (χ2n) is 4.93. The molecule has 0 aliphatic heterocycles. The van der Waals surface area contributed by atoms with Gasteiger partial charge in [-0.25, -0.2) is 18.2 Å². The number of imidazole rings is 1. The monoisotopic (exact) mass is 303 g/mol. The van der Waals surface area contributed by atoms with Gasteiger partial charge in [-0.05, 0) is 13.8 Å². The first-order chi connectivity index (χ1) is 9.05. The first-order valence-corrected chi connectivity index (χ1v) is 7.65. The van der Waals surface area contributed by atoms with Crippen LogP contribution in [0.1, 0.15) is 19.5 Å². The number of hydrogen-bond donors (Lipinski definition) is 3. The fourth-order valence-electron chi connectivity index (χ4n) is 1.32. The molecule has 1 aromatic rings. The number of carbonyl (C=O) groups excluding carboxylic acids is 1. The van der Waals surface area contributed by atoms with E-state index in [1.165, 1.54) is 26.4 Å². The number of sulfone groups is 1. The molecular formula is C11H17N3O5S. The van der Waals surface area contributed by atoms with Gasteiger partial charge >= 0.3 is 5.97 Å². The van der Waals surface area contributed by atoms with Gasteiger partial charge in [0.1, 0.15) is 10.8 Å². The Bertz CT molecular complexity index is 592. The lowest BCUT2D eigenvalue weighted by Crippen LogP contribution is -2.53. The Labute approximate surface area is 116 Å². The molecule has 1 atom stereocenters. The molecule has 0 fully saturated rings. The summed E-state index contributed by atoms with van der Waals surface area (Å²) >= 11 is 0.